The second-order valence-electron chi connectivity index (χ2n) is 7.24. The summed E-state index contributed by atoms with van der Waals surface area (Å²) >= 11 is 0. The van der Waals surface area contributed by atoms with E-state index in [2.05, 4.69) is 19.8 Å². The zero-order valence-electron chi connectivity index (χ0n) is 14.7. The van der Waals surface area contributed by atoms with Crippen LogP contribution >= 0.6 is 0 Å². The van der Waals surface area contributed by atoms with Crippen LogP contribution in [0.2, 0.25) is 0 Å². The highest BCUT2D eigenvalue weighted by Gasteiger charge is 2.23. The van der Waals surface area contributed by atoms with Crippen LogP contribution in [-0.4, -0.2) is 66.1 Å². The Morgan fingerprint density at radius 1 is 1.04 bits per heavy atom. The van der Waals surface area contributed by atoms with Crippen molar-refractivity contribution in [3.8, 4) is 0 Å². The predicted molar refractivity (Wildman–Crippen MR) is 94.7 cm³/mol. The van der Waals surface area contributed by atoms with Crippen LogP contribution in [0.3, 0.4) is 0 Å². The standard InChI is InChI=1S/C18H31N5/c1-21(2)18-19-13-16(14-20-18)15-23-11-4-3-7-17(23)8-12-22-9-5-6-10-22/h13-14,17H,3-12,15H2,1-2H3/t17-/m0/s1. The summed E-state index contributed by atoms with van der Waals surface area (Å²) in [5, 5.41) is 0. The van der Waals surface area contributed by atoms with Crippen LogP contribution in [0.5, 0.6) is 0 Å². The Morgan fingerprint density at radius 3 is 2.43 bits per heavy atom. The third-order valence-electron chi connectivity index (χ3n) is 5.20. The first-order valence-electron chi connectivity index (χ1n) is 9.17. The van der Waals surface area contributed by atoms with Crippen molar-refractivity contribution < 1.29 is 0 Å². The summed E-state index contributed by atoms with van der Waals surface area (Å²) in [6, 6.07) is 0.734. The monoisotopic (exact) mass is 317 g/mol. The number of anilines is 1. The summed E-state index contributed by atoms with van der Waals surface area (Å²) in [4.78, 5) is 16.2. The number of likely N-dealkylation sites (tertiary alicyclic amines) is 2. The number of piperidine rings is 1. The lowest BCUT2D eigenvalue weighted by Gasteiger charge is -2.36. The summed E-state index contributed by atoms with van der Waals surface area (Å²) in [6.45, 7) is 6.12. The van der Waals surface area contributed by atoms with Gasteiger partial charge in [-0.15, -0.1) is 0 Å². The number of aromatic nitrogens is 2. The summed E-state index contributed by atoms with van der Waals surface area (Å²) in [5.74, 6) is 0.790. The van der Waals surface area contributed by atoms with Gasteiger partial charge in [0.1, 0.15) is 0 Å². The molecule has 5 nitrogen and oxygen atoms in total. The van der Waals surface area contributed by atoms with Gasteiger partial charge < -0.3 is 9.80 Å². The van der Waals surface area contributed by atoms with Crippen LogP contribution in [0.1, 0.15) is 44.1 Å². The summed E-state index contributed by atoms with van der Waals surface area (Å²) in [6.07, 6.45) is 12.2. The van der Waals surface area contributed by atoms with Crippen molar-refractivity contribution in [2.45, 2.75) is 51.1 Å². The molecule has 0 amide bonds. The van der Waals surface area contributed by atoms with E-state index in [1.54, 1.807) is 0 Å². The first-order chi connectivity index (χ1) is 11.2. The van der Waals surface area contributed by atoms with E-state index in [1.807, 2.05) is 31.4 Å². The highest BCUT2D eigenvalue weighted by molar-refractivity contribution is 5.26. The Morgan fingerprint density at radius 2 is 1.74 bits per heavy atom. The molecule has 2 saturated heterocycles. The van der Waals surface area contributed by atoms with Gasteiger partial charge in [-0.2, -0.15) is 0 Å². The normalized spacial score (nSPS) is 23.3. The minimum Gasteiger partial charge on any atom is -0.347 e. The molecule has 2 aliphatic rings. The molecule has 3 heterocycles. The molecule has 3 rings (SSSR count). The predicted octanol–water partition coefficient (Wildman–Crippen LogP) is 2.38. The Balaban J connectivity index is 1.54. The van der Waals surface area contributed by atoms with Crippen LogP contribution in [0.4, 0.5) is 5.95 Å². The van der Waals surface area contributed by atoms with Crippen molar-refractivity contribution in [3.05, 3.63) is 18.0 Å². The molecule has 0 saturated carbocycles. The Bertz CT molecular complexity index is 467. The molecule has 2 aliphatic heterocycles. The SMILES string of the molecule is CN(C)c1ncc(CN2CCCC[C@H]2CCN2CCCC2)cn1. The molecule has 0 aliphatic carbocycles. The van der Waals surface area contributed by atoms with Crippen LogP contribution in [0.15, 0.2) is 12.4 Å². The van der Waals surface area contributed by atoms with E-state index in [4.69, 9.17) is 0 Å². The van der Waals surface area contributed by atoms with E-state index in [-0.39, 0.29) is 0 Å². The largest absolute Gasteiger partial charge is 0.347 e. The van der Waals surface area contributed by atoms with E-state index in [9.17, 15) is 0 Å². The first-order valence-corrected chi connectivity index (χ1v) is 9.17. The maximum Gasteiger partial charge on any atom is 0.224 e. The van der Waals surface area contributed by atoms with Crippen molar-refractivity contribution in [1.29, 1.82) is 0 Å². The van der Waals surface area contributed by atoms with Crippen molar-refractivity contribution in [2.75, 3.05) is 45.2 Å². The quantitative estimate of drug-likeness (QED) is 0.805. The molecule has 0 unspecified atom stereocenters. The minimum atomic E-state index is 0.734. The molecule has 0 spiro atoms. The fourth-order valence-electron chi connectivity index (χ4n) is 3.83. The maximum absolute atomic E-state index is 4.46. The van der Waals surface area contributed by atoms with Crippen LogP contribution < -0.4 is 4.90 Å². The average molecular weight is 317 g/mol. The minimum absolute atomic E-state index is 0.734. The zero-order valence-corrected chi connectivity index (χ0v) is 14.7. The van der Waals surface area contributed by atoms with Gasteiger partial charge in [-0.25, -0.2) is 9.97 Å². The van der Waals surface area contributed by atoms with Gasteiger partial charge in [0.15, 0.2) is 0 Å². The van der Waals surface area contributed by atoms with Gasteiger partial charge in [0, 0.05) is 44.6 Å². The summed E-state index contributed by atoms with van der Waals surface area (Å²) < 4.78 is 0. The smallest absolute Gasteiger partial charge is 0.224 e. The molecule has 0 aromatic carbocycles. The number of rotatable bonds is 6. The van der Waals surface area contributed by atoms with Crippen molar-refractivity contribution in [3.63, 3.8) is 0 Å². The van der Waals surface area contributed by atoms with Gasteiger partial charge in [-0.05, 0) is 58.3 Å². The second kappa shape index (κ2) is 8.06. The van der Waals surface area contributed by atoms with E-state index in [0.717, 1.165) is 18.5 Å². The lowest BCUT2D eigenvalue weighted by atomic mass is 9.98. The van der Waals surface area contributed by atoms with Gasteiger partial charge in [-0.1, -0.05) is 6.42 Å². The summed E-state index contributed by atoms with van der Waals surface area (Å²) in [5.41, 5.74) is 1.24. The molecule has 1 aromatic rings. The topological polar surface area (TPSA) is 35.5 Å². The lowest BCUT2D eigenvalue weighted by Crippen LogP contribution is -2.41. The molecule has 0 radical (unpaired) electrons. The van der Waals surface area contributed by atoms with E-state index < -0.39 is 0 Å². The molecular formula is C18H31N5. The van der Waals surface area contributed by atoms with Crippen LogP contribution in [-0.2, 0) is 6.54 Å². The van der Waals surface area contributed by atoms with Gasteiger partial charge in [-0.3, -0.25) is 4.90 Å². The number of hydrogen-bond acceptors (Lipinski definition) is 5. The summed E-state index contributed by atoms with van der Waals surface area (Å²) in [7, 11) is 3.96. The van der Waals surface area contributed by atoms with Crippen molar-refractivity contribution >= 4 is 5.95 Å². The van der Waals surface area contributed by atoms with Crippen LogP contribution in [0, 0.1) is 0 Å². The number of nitrogens with zero attached hydrogens (tertiary/aromatic N) is 5. The highest BCUT2D eigenvalue weighted by atomic mass is 15.2. The van der Waals surface area contributed by atoms with Gasteiger partial charge in [0.05, 0.1) is 0 Å². The Hall–Kier alpha value is -1.20. The highest BCUT2D eigenvalue weighted by Crippen LogP contribution is 2.23. The Kier molecular flexibility index (Phi) is 5.84. The van der Waals surface area contributed by atoms with Gasteiger partial charge in [0.2, 0.25) is 5.95 Å². The molecule has 5 heteroatoms. The first kappa shape index (κ1) is 16.7. The molecular weight excluding hydrogens is 286 g/mol. The van der Waals surface area contributed by atoms with E-state index >= 15 is 0 Å². The third kappa shape index (κ3) is 4.64. The van der Waals surface area contributed by atoms with Gasteiger partial charge in [0.25, 0.3) is 0 Å². The molecule has 0 bridgehead atoms. The van der Waals surface area contributed by atoms with Crippen molar-refractivity contribution in [1.82, 2.24) is 19.8 Å². The molecule has 2 fully saturated rings. The Labute approximate surface area is 140 Å². The molecule has 0 N–H and O–H groups in total. The molecule has 1 atom stereocenters. The lowest BCUT2D eigenvalue weighted by molar-refractivity contribution is 0.121. The molecule has 23 heavy (non-hydrogen) atoms. The zero-order chi connectivity index (χ0) is 16.1. The fraction of sp³-hybridized carbons (Fsp3) is 0.778. The molecule has 1 aromatic heterocycles. The van der Waals surface area contributed by atoms with Gasteiger partial charge >= 0.3 is 0 Å². The maximum atomic E-state index is 4.46. The van der Waals surface area contributed by atoms with Crippen LogP contribution in [0.25, 0.3) is 0 Å². The number of hydrogen-bond donors (Lipinski definition) is 0. The average Bonchev–Trinajstić information content (AvgIpc) is 3.08. The third-order valence-corrected chi connectivity index (χ3v) is 5.20. The fourth-order valence-corrected chi connectivity index (χ4v) is 3.83. The molecule has 128 valence electrons. The van der Waals surface area contributed by atoms with E-state index in [1.165, 1.54) is 70.3 Å². The van der Waals surface area contributed by atoms with E-state index in [0.29, 0.717) is 0 Å². The van der Waals surface area contributed by atoms with Crippen molar-refractivity contribution in [2.24, 2.45) is 0 Å². The second-order valence-corrected chi connectivity index (χ2v) is 7.24.